The monoisotopic (exact) mass is 238 g/mol. The third-order valence-corrected chi connectivity index (χ3v) is 5.01. The molecule has 1 spiro atoms. The van der Waals surface area contributed by atoms with E-state index in [2.05, 4.69) is 24.1 Å². The Labute approximate surface area is 105 Å². The topological polar surface area (TPSA) is 24.5 Å². The largest absolute Gasteiger partial charge is 0.375 e. The van der Waals surface area contributed by atoms with Crippen molar-refractivity contribution in [2.24, 2.45) is 0 Å². The average Bonchev–Trinajstić information content (AvgIpc) is 2.30. The molecule has 1 aliphatic carbocycles. The third kappa shape index (κ3) is 2.25. The minimum atomic E-state index is 0.288. The second-order valence-electron chi connectivity index (χ2n) is 6.39. The summed E-state index contributed by atoms with van der Waals surface area (Å²) in [6.07, 6.45) is 6.50. The summed E-state index contributed by atoms with van der Waals surface area (Å²) in [5.41, 5.74) is 0.288. The highest BCUT2D eigenvalue weighted by atomic mass is 16.5. The summed E-state index contributed by atoms with van der Waals surface area (Å²) in [5, 5.41) is 3.58. The average molecular weight is 238 g/mol. The zero-order chi connectivity index (χ0) is 11.9. The van der Waals surface area contributed by atoms with Gasteiger partial charge in [0.25, 0.3) is 0 Å². The van der Waals surface area contributed by atoms with E-state index in [0.717, 1.165) is 19.2 Å². The van der Waals surface area contributed by atoms with Crippen LogP contribution in [0.15, 0.2) is 0 Å². The van der Waals surface area contributed by atoms with E-state index in [1.54, 1.807) is 0 Å². The quantitative estimate of drug-likeness (QED) is 0.753. The fraction of sp³-hybridized carbons (Fsp3) is 1.00. The maximum Gasteiger partial charge on any atom is 0.0697 e. The summed E-state index contributed by atoms with van der Waals surface area (Å²) < 4.78 is 6.04. The molecule has 2 saturated heterocycles. The lowest BCUT2D eigenvalue weighted by Gasteiger charge is -2.52. The van der Waals surface area contributed by atoms with Crippen LogP contribution in [0.1, 0.15) is 46.0 Å². The van der Waals surface area contributed by atoms with Crippen molar-refractivity contribution in [2.45, 2.75) is 69.7 Å². The lowest BCUT2D eigenvalue weighted by Crippen LogP contribution is -2.61. The summed E-state index contributed by atoms with van der Waals surface area (Å²) in [5.74, 6) is 0. The molecule has 3 aliphatic rings. The van der Waals surface area contributed by atoms with Crippen LogP contribution in [0, 0.1) is 0 Å². The van der Waals surface area contributed by atoms with Crippen LogP contribution in [0.2, 0.25) is 0 Å². The first-order chi connectivity index (χ1) is 8.19. The molecule has 0 amide bonds. The third-order valence-electron chi connectivity index (χ3n) is 5.01. The van der Waals surface area contributed by atoms with Crippen LogP contribution in [-0.2, 0) is 4.74 Å². The van der Waals surface area contributed by atoms with Gasteiger partial charge in [-0.05, 0) is 46.0 Å². The van der Waals surface area contributed by atoms with Crippen LogP contribution < -0.4 is 5.32 Å². The maximum absolute atomic E-state index is 6.04. The van der Waals surface area contributed by atoms with Crippen LogP contribution in [0.4, 0.5) is 0 Å². The van der Waals surface area contributed by atoms with Crippen molar-refractivity contribution in [1.29, 1.82) is 0 Å². The predicted molar refractivity (Wildman–Crippen MR) is 69.2 cm³/mol. The fourth-order valence-corrected chi connectivity index (χ4v) is 3.76. The first-order valence-electron chi connectivity index (χ1n) is 7.32. The van der Waals surface area contributed by atoms with Crippen LogP contribution >= 0.6 is 0 Å². The standard InChI is InChI=1S/C14H26N2O/c1-11-10-16(12(2)9-15-11)13-4-7-17-14(8-13)5-3-6-14/h11-13,15H,3-10H2,1-2H3. The Morgan fingerprint density at radius 2 is 2.12 bits per heavy atom. The Balaban J connectivity index is 1.66. The van der Waals surface area contributed by atoms with Gasteiger partial charge in [0.05, 0.1) is 5.60 Å². The van der Waals surface area contributed by atoms with E-state index in [9.17, 15) is 0 Å². The van der Waals surface area contributed by atoms with Crippen molar-refractivity contribution in [3.63, 3.8) is 0 Å². The molecule has 0 aromatic carbocycles. The molecule has 3 unspecified atom stereocenters. The minimum absolute atomic E-state index is 0.288. The summed E-state index contributed by atoms with van der Waals surface area (Å²) in [6.45, 7) is 8.00. The maximum atomic E-state index is 6.04. The molecule has 17 heavy (non-hydrogen) atoms. The van der Waals surface area contributed by atoms with E-state index < -0.39 is 0 Å². The molecule has 3 nitrogen and oxygen atoms in total. The molecule has 3 rings (SSSR count). The number of hydrogen-bond donors (Lipinski definition) is 1. The lowest BCUT2D eigenvalue weighted by atomic mass is 9.73. The molecule has 2 heterocycles. The number of hydrogen-bond acceptors (Lipinski definition) is 3. The normalized spacial score (nSPS) is 42.4. The molecule has 0 radical (unpaired) electrons. The molecule has 0 bridgehead atoms. The Morgan fingerprint density at radius 1 is 1.29 bits per heavy atom. The van der Waals surface area contributed by atoms with E-state index in [4.69, 9.17) is 4.74 Å². The molecule has 98 valence electrons. The first-order valence-corrected chi connectivity index (χ1v) is 7.32. The molecule has 0 aromatic rings. The number of nitrogens with one attached hydrogen (secondary N) is 1. The molecular weight excluding hydrogens is 212 g/mol. The van der Waals surface area contributed by atoms with Crippen molar-refractivity contribution in [3.05, 3.63) is 0 Å². The van der Waals surface area contributed by atoms with Gasteiger partial charge in [-0.15, -0.1) is 0 Å². The van der Waals surface area contributed by atoms with Gasteiger partial charge in [0, 0.05) is 37.8 Å². The number of nitrogens with zero attached hydrogens (tertiary/aromatic N) is 1. The Hall–Kier alpha value is -0.120. The summed E-state index contributed by atoms with van der Waals surface area (Å²) in [4.78, 5) is 2.74. The SMILES string of the molecule is CC1CN(C2CCOC3(CCC3)C2)C(C)CN1. The van der Waals surface area contributed by atoms with Crippen LogP contribution in [0.3, 0.4) is 0 Å². The van der Waals surface area contributed by atoms with Gasteiger partial charge in [-0.1, -0.05) is 0 Å². The Bertz CT molecular complexity index is 277. The van der Waals surface area contributed by atoms with Crippen molar-refractivity contribution in [2.75, 3.05) is 19.7 Å². The van der Waals surface area contributed by atoms with Gasteiger partial charge < -0.3 is 10.1 Å². The zero-order valence-corrected chi connectivity index (χ0v) is 11.2. The molecule has 3 atom stereocenters. The van der Waals surface area contributed by atoms with Gasteiger partial charge >= 0.3 is 0 Å². The van der Waals surface area contributed by atoms with E-state index in [0.29, 0.717) is 12.1 Å². The Kier molecular flexibility index (Phi) is 3.18. The summed E-state index contributed by atoms with van der Waals surface area (Å²) in [6, 6.07) is 2.10. The Morgan fingerprint density at radius 3 is 2.82 bits per heavy atom. The number of piperazine rings is 1. The van der Waals surface area contributed by atoms with Crippen molar-refractivity contribution in [1.82, 2.24) is 10.2 Å². The lowest BCUT2D eigenvalue weighted by molar-refractivity contribution is -0.153. The van der Waals surface area contributed by atoms with E-state index in [1.165, 1.54) is 38.6 Å². The van der Waals surface area contributed by atoms with Gasteiger partial charge in [-0.2, -0.15) is 0 Å². The second-order valence-corrected chi connectivity index (χ2v) is 6.39. The minimum Gasteiger partial charge on any atom is -0.375 e. The summed E-state index contributed by atoms with van der Waals surface area (Å²) in [7, 11) is 0. The zero-order valence-electron chi connectivity index (χ0n) is 11.2. The first kappa shape index (κ1) is 11.9. The molecular formula is C14H26N2O. The van der Waals surface area contributed by atoms with Crippen LogP contribution in [0.5, 0.6) is 0 Å². The van der Waals surface area contributed by atoms with Gasteiger partial charge in [0.1, 0.15) is 0 Å². The molecule has 2 aliphatic heterocycles. The molecule has 1 saturated carbocycles. The van der Waals surface area contributed by atoms with Gasteiger partial charge in [-0.25, -0.2) is 0 Å². The van der Waals surface area contributed by atoms with E-state index in [1.807, 2.05) is 0 Å². The highest BCUT2D eigenvalue weighted by molar-refractivity contribution is 4.98. The second kappa shape index (κ2) is 4.52. The van der Waals surface area contributed by atoms with E-state index in [-0.39, 0.29) is 5.60 Å². The van der Waals surface area contributed by atoms with Crippen LogP contribution in [0.25, 0.3) is 0 Å². The summed E-state index contributed by atoms with van der Waals surface area (Å²) >= 11 is 0. The van der Waals surface area contributed by atoms with Gasteiger partial charge in [-0.3, -0.25) is 4.90 Å². The molecule has 1 N–H and O–H groups in total. The molecule has 3 fully saturated rings. The van der Waals surface area contributed by atoms with Crippen molar-refractivity contribution >= 4 is 0 Å². The number of ether oxygens (including phenoxy) is 1. The smallest absolute Gasteiger partial charge is 0.0697 e. The highest BCUT2D eigenvalue weighted by Gasteiger charge is 2.44. The van der Waals surface area contributed by atoms with Crippen molar-refractivity contribution in [3.8, 4) is 0 Å². The fourth-order valence-electron chi connectivity index (χ4n) is 3.76. The van der Waals surface area contributed by atoms with Crippen LogP contribution in [-0.4, -0.2) is 48.3 Å². The molecule has 0 aromatic heterocycles. The van der Waals surface area contributed by atoms with Gasteiger partial charge in [0.2, 0.25) is 0 Å². The van der Waals surface area contributed by atoms with E-state index >= 15 is 0 Å². The highest BCUT2D eigenvalue weighted by Crippen LogP contribution is 2.43. The predicted octanol–water partition coefficient (Wildman–Crippen LogP) is 1.77. The number of rotatable bonds is 1. The van der Waals surface area contributed by atoms with Crippen molar-refractivity contribution < 1.29 is 4.74 Å². The van der Waals surface area contributed by atoms with Gasteiger partial charge in [0.15, 0.2) is 0 Å². The molecule has 3 heteroatoms.